The molecule has 92 valence electrons. The quantitative estimate of drug-likeness (QED) is 0.568. The number of nitrogens with zero attached hydrogens (tertiary/aromatic N) is 2. The van der Waals surface area contributed by atoms with Crippen molar-refractivity contribution in [1.82, 2.24) is 9.55 Å². The van der Waals surface area contributed by atoms with Crippen molar-refractivity contribution in [2.75, 3.05) is 0 Å². The van der Waals surface area contributed by atoms with Crippen LogP contribution in [-0.2, 0) is 7.05 Å². The normalized spacial score (nSPS) is 10.2. The minimum absolute atomic E-state index is 0.703. The second-order valence-electron chi connectivity index (χ2n) is 4.32. The summed E-state index contributed by atoms with van der Waals surface area (Å²) in [7, 11) is 1.98. The maximum Gasteiger partial charge on any atom is 0.0955 e. The Balaban J connectivity index is 2.00. The molecular weight excluding hydrogens is 256 g/mol. The minimum Gasteiger partial charge on any atom is -0.334 e. The molecular formula is C16H11ClN2. The lowest BCUT2D eigenvalue weighted by atomic mass is 10.1. The van der Waals surface area contributed by atoms with Gasteiger partial charge < -0.3 is 4.57 Å². The molecule has 0 unspecified atom stereocenters. The molecule has 3 aromatic rings. The van der Waals surface area contributed by atoms with Gasteiger partial charge in [0.15, 0.2) is 0 Å². The Labute approximate surface area is 116 Å². The van der Waals surface area contributed by atoms with Crippen LogP contribution < -0.4 is 0 Å². The molecule has 2 nitrogen and oxygen atoms in total. The Morgan fingerprint density at radius 3 is 2.63 bits per heavy atom. The van der Waals surface area contributed by atoms with Gasteiger partial charge in [-0.2, -0.15) is 0 Å². The highest BCUT2D eigenvalue weighted by Crippen LogP contribution is 2.14. The van der Waals surface area contributed by atoms with E-state index in [4.69, 9.17) is 11.6 Å². The molecule has 2 aromatic carbocycles. The molecule has 0 fully saturated rings. The first kappa shape index (κ1) is 11.8. The number of hydrogen-bond donors (Lipinski definition) is 0. The molecule has 0 bridgehead atoms. The van der Waals surface area contributed by atoms with Crippen LogP contribution in [0.3, 0.4) is 0 Å². The third-order valence-corrected chi connectivity index (χ3v) is 3.14. The smallest absolute Gasteiger partial charge is 0.0955 e. The third-order valence-electron chi connectivity index (χ3n) is 2.90. The van der Waals surface area contributed by atoms with Gasteiger partial charge in [0.25, 0.3) is 0 Å². The SMILES string of the molecule is Cn1cnc2ccc(C#Cc3cccc(Cl)c3)cc21. The van der Waals surface area contributed by atoms with Crippen molar-refractivity contribution >= 4 is 22.6 Å². The first-order valence-corrected chi connectivity index (χ1v) is 6.29. The summed E-state index contributed by atoms with van der Waals surface area (Å²) in [5.74, 6) is 6.26. The summed E-state index contributed by atoms with van der Waals surface area (Å²) in [6, 6.07) is 13.5. The van der Waals surface area contributed by atoms with E-state index in [1.807, 2.05) is 54.1 Å². The summed E-state index contributed by atoms with van der Waals surface area (Å²) in [6.07, 6.45) is 1.80. The highest BCUT2D eigenvalue weighted by molar-refractivity contribution is 6.30. The molecule has 0 radical (unpaired) electrons. The molecule has 0 aliphatic heterocycles. The number of benzene rings is 2. The van der Waals surface area contributed by atoms with Crippen molar-refractivity contribution < 1.29 is 0 Å². The fourth-order valence-electron chi connectivity index (χ4n) is 1.91. The van der Waals surface area contributed by atoms with E-state index in [1.54, 1.807) is 6.33 Å². The largest absolute Gasteiger partial charge is 0.334 e. The van der Waals surface area contributed by atoms with Crippen LogP contribution >= 0.6 is 11.6 Å². The maximum atomic E-state index is 5.93. The van der Waals surface area contributed by atoms with Gasteiger partial charge in [0.2, 0.25) is 0 Å². The van der Waals surface area contributed by atoms with Gasteiger partial charge in [0.05, 0.1) is 17.4 Å². The molecule has 0 amide bonds. The topological polar surface area (TPSA) is 17.8 Å². The summed E-state index contributed by atoms with van der Waals surface area (Å²) in [5.41, 5.74) is 3.95. The van der Waals surface area contributed by atoms with E-state index >= 15 is 0 Å². The molecule has 0 atom stereocenters. The summed E-state index contributed by atoms with van der Waals surface area (Å²) < 4.78 is 1.99. The zero-order valence-electron chi connectivity index (χ0n) is 10.4. The van der Waals surface area contributed by atoms with Crippen molar-refractivity contribution in [3.05, 3.63) is 64.9 Å². The number of hydrogen-bond acceptors (Lipinski definition) is 1. The monoisotopic (exact) mass is 266 g/mol. The minimum atomic E-state index is 0.703. The average molecular weight is 267 g/mol. The number of aromatic nitrogens is 2. The fourth-order valence-corrected chi connectivity index (χ4v) is 2.10. The molecule has 0 aliphatic rings. The molecule has 0 N–H and O–H groups in total. The number of imidazole rings is 1. The van der Waals surface area contributed by atoms with Crippen LogP contribution in [-0.4, -0.2) is 9.55 Å². The van der Waals surface area contributed by atoms with Crippen molar-refractivity contribution in [1.29, 1.82) is 0 Å². The number of aryl methyl sites for hydroxylation is 1. The second kappa shape index (κ2) is 4.79. The van der Waals surface area contributed by atoms with E-state index in [0.717, 1.165) is 22.2 Å². The number of rotatable bonds is 0. The Bertz CT molecular complexity index is 806. The highest BCUT2D eigenvalue weighted by Gasteiger charge is 1.99. The van der Waals surface area contributed by atoms with Gasteiger partial charge in [-0.3, -0.25) is 0 Å². The first-order chi connectivity index (χ1) is 9.22. The number of fused-ring (bicyclic) bond motifs is 1. The molecule has 0 saturated carbocycles. The standard InChI is InChI=1S/C16H11ClN2/c1-19-11-18-15-8-7-13(10-16(15)19)6-5-12-3-2-4-14(17)9-12/h2-4,7-11H,1H3. The third kappa shape index (κ3) is 2.47. The molecule has 1 aromatic heterocycles. The molecule has 3 rings (SSSR count). The van der Waals surface area contributed by atoms with Gasteiger partial charge in [-0.05, 0) is 36.4 Å². The fraction of sp³-hybridized carbons (Fsp3) is 0.0625. The van der Waals surface area contributed by atoms with E-state index in [-0.39, 0.29) is 0 Å². The van der Waals surface area contributed by atoms with Crippen molar-refractivity contribution in [2.45, 2.75) is 0 Å². The van der Waals surface area contributed by atoms with Crippen molar-refractivity contribution in [2.24, 2.45) is 7.05 Å². The average Bonchev–Trinajstić information content (AvgIpc) is 2.78. The molecule has 19 heavy (non-hydrogen) atoms. The molecule has 3 heteroatoms. The number of halogens is 1. The van der Waals surface area contributed by atoms with E-state index in [1.165, 1.54) is 0 Å². The molecule has 0 aliphatic carbocycles. The van der Waals surface area contributed by atoms with Crippen molar-refractivity contribution in [3.63, 3.8) is 0 Å². The maximum absolute atomic E-state index is 5.93. The van der Waals surface area contributed by atoms with Crippen LogP contribution in [0.4, 0.5) is 0 Å². The van der Waals surface area contributed by atoms with Crippen LogP contribution in [0.1, 0.15) is 11.1 Å². The van der Waals surface area contributed by atoms with Crippen LogP contribution in [0, 0.1) is 11.8 Å². The van der Waals surface area contributed by atoms with E-state index in [2.05, 4.69) is 16.8 Å². The highest BCUT2D eigenvalue weighted by atomic mass is 35.5. The Morgan fingerprint density at radius 2 is 1.84 bits per heavy atom. The summed E-state index contributed by atoms with van der Waals surface area (Å²) >= 11 is 5.93. The Hall–Kier alpha value is -2.24. The predicted octanol–water partition coefficient (Wildman–Crippen LogP) is 3.63. The van der Waals surface area contributed by atoms with Gasteiger partial charge in [-0.1, -0.05) is 29.5 Å². The molecule has 1 heterocycles. The summed E-state index contributed by atoms with van der Waals surface area (Å²) in [5, 5.41) is 0.703. The summed E-state index contributed by atoms with van der Waals surface area (Å²) in [4.78, 5) is 4.29. The second-order valence-corrected chi connectivity index (χ2v) is 4.76. The van der Waals surface area contributed by atoms with Crippen molar-refractivity contribution in [3.8, 4) is 11.8 Å². The van der Waals surface area contributed by atoms with Gasteiger partial charge >= 0.3 is 0 Å². The van der Waals surface area contributed by atoms with Gasteiger partial charge in [-0.15, -0.1) is 0 Å². The zero-order chi connectivity index (χ0) is 13.2. The van der Waals surface area contributed by atoms with Crippen LogP contribution in [0.25, 0.3) is 11.0 Å². The van der Waals surface area contributed by atoms with Crippen LogP contribution in [0.2, 0.25) is 5.02 Å². The van der Waals surface area contributed by atoms with Crippen LogP contribution in [0.5, 0.6) is 0 Å². The van der Waals surface area contributed by atoms with Crippen LogP contribution in [0.15, 0.2) is 48.8 Å². The van der Waals surface area contributed by atoms with E-state index in [9.17, 15) is 0 Å². The van der Waals surface area contributed by atoms with Gasteiger partial charge in [0, 0.05) is 23.2 Å². The predicted molar refractivity (Wildman–Crippen MR) is 78.1 cm³/mol. The Kier molecular flexibility index (Phi) is 2.98. The van der Waals surface area contributed by atoms with Gasteiger partial charge in [-0.25, -0.2) is 4.98 Å². The lowest BCUT2D eigenvalue weighted by Gasteiger charge is -1.95. The van der Waals surface area contributed by atoms with E-state index in [0.29, 0.717) is 5.02 Å². The Morgan fingerprint density at radius 1 is 1.05 bits per heavy atom. The summed E-state index contributed by atoms with van der Waals surface area (Å²) in [6.45, 7) is 0. The first-order valence-electron chi connectivity index (χ1n) is 5.91. The lowest BCUT2D eigenvalue weighted by Crippen LogP contribution is -1.84. The lowest BCUT2D eigenvalue weighted by molar-refractivity contribution is 0.947. The molecule has 0 spiro atoms. The zero-order valence-corrected chi connectivity index (χ0v) is 11.1. The van der Waals surface area contributed by atoms with E-state index < -0.39 is 0 Å². The van der Waals surface area contributed by atoms with Gasteiger partial charge in [0.1, 0.15) is 0 Å². The molecule has 0 saturated heterocycles.